The van der Waals surface area contributed by atoms with Crippen molar-refractivity contribution in [3.05, 3.63) is 10.1 Å². The predicted molar refractivity (Wildman–Crippen MR) is 55.5 cm³/mol. The first-order valence-corrected chi connectivity index (χ1v) is 5.23. The first-order valence-electron chi connectivity index (χ1n) is 5.23. The van der Waals surface area contributed by atoms with Gasteiger partial charge in [-0.3, -0.25) is 0 Å². The fourth-order valence-corrected chi connectivity index (χ4v) is 1.35. The molecule has 0 bridgehead atoms. The minimum absolute atomic E-state index is 0.599. The van der Waals surface area contributed by atoms with Crippen molar-refractivity contribution in [1.29, 1.82) is 0 Å². The fraction of sp³-hybridized carbons (Fsp3) is 1.00. The van der Waals surface area contributed by atoms with Gasteiger partial charge in [0.15, 0.2) is 0 Å². The average molecular weight is 203 g/mol. The van der Waals surface area contributed by atoms with E-state index < -0.39 is 10.7 Å². The van der Waals surface area contributed by atoms with Crippen LogP contribution in [-0.4, -0.2) is 10.7 Å². The molecule has 0 rings (SSSR count). The normalized spacial score (nSPS) is 15.2. The molecule has 0 aromatic rings. The SMILES string of the molecule is CCC(C)(CCCC(C)C)O[N+](=O)[O-]. The van der Waals surface area contributed by atoms with Crippen LogP contribution in [0.1, 0.15) is 53.4 Å². The van der Waals surface area contributed by atoms with Gasteiger partial charge in [0.1, 0.15) is 5.60 Å². The van der Waals surface area contributed by atoms with E-state index in [4.69, 9.17) is 4.84 Å². The van der Waals surface area contributed by atoms with E-state index in [1.165, 1.54) is 0 Å². The van der Waals surface area contributed by atoms with Crippen molar-refractivity contribution in [2.45, 2.75) is 59.0 Å². The summed E-state index contributed by atoms with van der Waals surface area (Å²) in [4.78, 5) is 14.9. The maximum atomic E-state index is 10.3. The van der Waals surface area contributed by atoms with Crippen LogP contribution in [0.25, 0.3) is 0 Å². The molecule has 1 unspecified atom stereocenters. The van der Waals surface area contributed by atoms with Gasteiger partial charge in [0.25, 0.3) is 5.09 Å². The van der Waals surface area contributed by atoms with Gasteiger partial charge in [0.05, 0.1) is 0 Å². The van der Waals surface area contributed by atoms with Crippen molar-refractivity contribution >= 4 is 0 Å². The van der Waals surface area contributed by atoms with E-state index in [1.807, 2.05) is 6.92 Å². The standard InChI is InChI=1S/C10H21NO3/c1-5-10(4,14-11(12)13)8-6-7-9(2)3/h9H,5-8H2,1-4H3. The summed E-state index contributed by atoms with van der Waals surface area (Å²) in [6, 6.07) is 0. The van der Waals surface area contributed by atoms with Gasteiger partial charge in [-0.2, -0.15) is 0 Å². The molecule has 84 valence electrons. The van der Waals surface area contributed by atoms with Gasteiger partial charge in [0, 0.05) is 0 Å². The van der Waals surface area contributed by atoms with Crippen LogP contribution in [0.5, 0.6) is 0 Å². The molecular formula is C10H21NO3. The van der Waals surface area contributed by atoms with Gasteiger partial charge in [0.2, 0.25) is 0 Å². The fourth-order valence-electron chi connectivity index (χ4n) is 1.35. The Balaban J connectivity index is 3.92. The third-order valence-corrected chi connectivity index (χ3v) is 2.53. The highest BCUT2D eigenvalue weighted by Crippen LogP contribution is 2.23. The monoisotopic (exact) mass is 203 g/mol. The highest BCUT2D eigenvalue weighted by Gasteiger charge is 2.25. The zero-order chi connectivity index (χ0) is 11.2. The molecule has 0 aromatic heterocycles. The number of nitrogens with zero attached hydrogens (tertiary/aromatic N) is 1. The molecule has 0 radical (unpaired) electrons. The largest absolute Gasteiger partial charge is 0.308 e. The molecule has 0 aliphatic rings. The molecule has 0 saturated heterocycles. The molecule has 1 atom stereocenters. The summed E-state index contributed by atoms with van der Waals surface area (Å²) in [6.45, 7) is 8.02. The van der Waals surface area contributed by atoms with Crippen LogP contribution in [-0.2, 0) is 4.84 Å². The highest BCUT2D eigenvalue weighted by atomic mass is 17.0. The molecule has 0 spiro atoms. The molecule has 0 amide bonds. The van der Waals surface area contributed by atoms with Crippen molar-refractivity contribution in [2.75, 3.05) is 0 Å². The molecule has 14 heavy (non-hydrogen) atoms. The molecule has 0 saturated carbocycles. The predicted octanol–water partition coefficient (Wildman–Crippen LogP) is 3.19. The van der Waals surface area contributed by atoms with Crippen molar-refractivity contribution in [3.8, 4) is 0 Å². The second kappa shape index (κ2) is 5.83. The van der Waals surface area contributed by atoms with Crippen LogP contribution >= 0.6 is 0 Å². The molecule has 0 fully saturated rings. The maximum absolute atomic E-state index is 10.3. The van der Waals surface area contributed by atoms with E-state index in [9.17, 15) is 10.1 Å². The molecule has 0 heterocycles. The quantitative estimate of drug-likeness (QED) is 0.471. The van der Waals surface area contributed by atoms with Gasteiger partial charge >= 0.3 is 0 Å². The second-order valence-electron chi connectivity index (χ2n) is 4.40. The van der Waals surface area contributed by atoms with Crippen molar-refractivity contribution in [2.24, 2.45) is 5.92 Å². The number of hydrogen-bond donors (Lipinski definition) is 0. The highest BCUT2D eigenvalue weighted by molar-refractivity contribution is 4.71. The van der Waals surface area contributed by atoms with E-state index in [0.29, 0.717) is 12.3 Å². The summed E-state index contributed by atoms with van der Waals surface area (Å²) in [7, 11) is 0. The Kier molecular flexibility index (Phi) is 5.50. The summed E-state index contributed by atoms with van der Waals surface area (Å²) in [5.41, 5.74) is -0.599. The minimum Gasteiger partial charge on any atom is -0.308 e. The molecule has 4 nitrogen and oxygen atoms in total. The third-order valence-electron chi connectivity index (χ3n) is 2.53. The summed E-state index contributed by atoms with van der Waals surface area (Å²) in [5, 5.41) is 9.57. The Morgan fingerprint density at radius 2 is 2.07 bits per heavy atom. The van der Waals surface area contributed by atoms with Gasteiger partial charge in [-0.1, -0.05) is 33.6 Å². The first-order chi connectivity index (χ1) is 6.39. The topological polar surface area (TPSA) is 52.4 Å². The lowest BCUT2D eigenvalue weighted by Gasteiger charge is -2.25. The van der Waals surface area contributed by atoms with Crippen LogP contribution in [0.3, 0.4) is 0 Å². The van der Waals surface area contributed by atoms with Crippen LogP contribution in [0.4, 0.5) is 0 Å². The zero-order valence-electron chi connectivity index (χ0n) is 9.58. The van der Waals surface area contributed by atoms with E-state index in [0.717, 1.165) is 19.3 Å². The van der Waals surface area contributed by atoms with Crippen molar-refractivity contribution in [1.82, 2.24) is 0 Å². The van der Waals surface area contributed by atoms with Crippen LogP contribution < -0.4 is 0 Å². The molecule has 0 N–H and O–H groups in total. The summed E-state index contributed by atoms with van der Waals surface area (Å²) in [5.74, 6) is 0.645. The van der Waals surface area contributed by atoms with E-state index in [2.05, 4.69) is 13.8 Å². The van der Waals surface area contributed by atoms with Gasteiger partial charge < -0.3 is 4.84 Å². The summed E-state index contributed by atoms with van der Waals surface area (Å²) < 4.78 is 0. The van der Waals surface area contributed by atoms with E-state index in [-0.39, 0.29) is 0 Å². The van der Waals surface area contributed by atoms with E-state index >= 15 is 0 Å². The van der Waals surface area contributed by atoms with Crippen molar-refractivity contribution in [3.63, 3.8) is 0 Å². The Morgan fingerprint density at radius 3 is 2.43 bits per heavy atom. The lowest BCUT2D eigenvalue weighted by Crippen LogP contribution is -2.30. The summed E-state index contributed by atoms with van der Waals surface area (Å²) in [6.07, 6.45) is 3.50. The maximum Gasteiger partial charge on any atom is 0.295 e. The van der Waals surface area contributed by atoms with Crippen LogP contribution in [0.2, 0.25) is 0 Å². The molecule has 0 aromatic carbocycles. The average Bonchev–Trinajstić information content (AvgIpc) is 2.02. The van der Waals surface area contributed by atoms with Gasteiger partial charge in [-0.05, 0) is 25.7 Å². The van der Waals surface area contributed by atoms with Gasteiger partial charge in [-0.15, -0.1) is 10.1 Å². The molecule has 0 aliphatic carbocycles. The lowest BCUT2D eigenvalue weighted by atomic mass is 9.94. The molecule has 4 heteroatoms. The smallest absolute Gasteiger partial charge is 0.295 e. The summed E-state index contributed by atoms with van der Waals surface area (Å²) >= 11 is 0. The minimum atomic E-state index is -0.682. The van der Waals surface area contributed by atoms with E-state index in [1.54, 1.807) is 6.92 Å². The van der Waals surface area contributed by atoms with Crippen LogP contribution in [0, 0.1) is 16.0 Å². The number of rotatable bonds is 7. The Morgan fingerprint density at radius 1 is 1.50 bits per heavy atom. The van der Waals surface area contributed by atoms with Crippen molar-refractivity contribution < 1.29 is 9.92 Å². The Hall–Kier alpha value is -0.800. The second-order valence-corrected chi connectivity index (χ2v) is 4.40. The first kappa shape index (κ1) is 13.2. The number of hydrogen-bond acceptors (Lipinski definition) is 3. The lowest BCUT2D eigenvalue weighted by molar-refractivity contribution is -0.780. The third kappa shape index (κ3) is 5.78. The zero-order valence-corrected chi connectivity index (χ0v) is 9.58. The molecule has 0 aliphatic heterocycles. The molecular weight excluding hydrogens is 182 g/mol. The van der Waals surface area contributed by atoms with Gasteiger partial charge in [-0.25, -0.2) is 0 Å². The Labute approximate surface area is 85.7 Å². The van der Waals surface area contributed by atoms with Crippen LogP contribution in [0.15, 0.2) is 0 Å². The Bertz CT molecular complexity index is 182.